The average molecular weight is 686 g/mol. The predicted octanol–water partition coefficient (Wildman–Crippen LogP) is 5.00. The first-order valence-corrected chi connectivity index (χ1v) is 15.4. The number of anilines is 5. The first-order chi connectivity index (χ1) is 21.5. The van der Waals surface area contributed by atoms with Gasteiger partial charge < -0.3 is 26.2 Å². The van der Waals surface area contributed by atoms with Crippen molar-refractivity contribution in [3.05, 3.63) is 64.4 Å². The molecule has 45 heavy (non-hydrogen) atoms. The van der Waals surface area contributed by atoms with E-state index < -0.39 is 17.6 Å². The molecule has 0 saturated carbocycles. The number of amides is 1. The summed E-state index contributed by atoms with van der Waals surface area (Å²) in [7, 11) is 2.17. The Kier molecular flexibility index (Phi) is 8.75. The van der Waals surface area contributed by atoms with Gasteiger partial charge >= 0.3 is 6.18 Å². The molecule has 2 fully saturated rings. The summed E-state index contributed by atoms with van der Waals surface area (Å²) < 4.78 is 40.0. The minimum absolute atomic E-state index is 0.0286. The number of rotatable bonds is 6. The molecule has 2 aliphatic heterocycles. The van der Waals surface area contributed by atoms with Crippen molar-refractivity contribution in [2.24, 2.45) is 0 Å². The monoisotopic (exact) mass is 684 g/mol. The van der Waals surface area contributed by atoms with Crippen LogP contribution in [0.25, 0.3) is 11.0 Å². The molecule has 2 aromatic carbocycles. The minimum atomic E-state index is -4.52. The molecule has 11 nitrogen and oxygen atoms in total. The Hall–Kier alpha value is -4.08. The summed E-state index contributed by atoms with van der Waals surface area (Å²) in [5, 5.41) is 5.74. The third kappa shape index (κ3) is 6.94. The molecule has 0 atom stereocenters. The van der Waals surface area contributed by atoms with Crippen molar-refractivity contribution < 1.29 is 18.0 Å². The van der Waals surface area contributed by atoms with E-state index in [1.807, 2.05) is 0 Å². The van der Waals surface area contributed by atoms with Crippen molar-refractivity contribution in [3.8, 4) is 0 Å². The van der Waals surface area contributed by atoms with Gasteiger partial charge in [-0.2, -0.15) is 18.2 Å². The van der Waals surface area contributed by atoms with E-state index in [4.69, 9.17) is 10.7 Å². The second-order valence-electron chi connectivity index (χ2n) is 11.2. The summed E-state index contributed by atoms with van der Waals surface area (Å²) in [5.41, 5.74) is 7.02. The number of benzene rings is 2. The maximum atomic E-state index is 13.1. The highest BCUT2D eigenvalue weighted by atomic mass is 79.9. The molecule has 0 bridgehead atoms. The van der Waals surface area contributed by atoms with Crippen molar-refractivity contribution in [2.45, 2.75) is 25.1 Å². The zero-order valence-electron chi connectivity index (χ0n) is 24.5. The van der Waals surface area contributed by atoms with E-state index in [2.05, 4.69) is 63.3 Å². The lowest BCUT2D eigenvalue weighted by Crippen LogP contribution is -2.53. The molecule has 0 spiro atoms. The first-order valence-electron chi connectivity index (χ1n) is 14.6. The van der Waals surface area contributed by atoms with Gasteiger partial charge in [-0.15, -0.1) is 0 Å². The van der Waals surface area contributed by atoms with Crippen molar-refractivity contribution >= 4 is 61.8 Å². The van der Waals surface area contributed by atoms with Crippen LogP contribution in [0.4, 0.5) is 42.1 Å². The number of piperazine rings is 1. The number of carbonyl (C=O) groups excluding carboxylic acids is 1. The molecule has 4 heterocycles. The molecule has 2 saturated heterocycles. The number of nitrogens with two attached hydrogens (primary N) is 1. The van der Waals surface area contributed by atoms with Crippen LogP contribution in [0.15, 0.2) is 53.3 Å². The lowest BCUT2D eigenvalue weighted by atomic mass is 10.0. The number of likely N-dealkylation sites (tertiary alicyclic amines) is 1. The molecule has 2 aromatic heterocycles. The molecular weight excluding hydrogens is 653 g/mol. The summed E-state index contributed by atoms with van der Waals surface area (Å²) >= 11 is 3.50. The second-order valence-corrected chi connectivity index (χ2v) is 12.1. The number of aromatic nitrogens is 4. The first kappa shape index (κ1) is 30.9. The molecule has 4 aromatic rings. The number of nitrogen functional groups attached to an aromatic ring is 1. The number of piperidine rings is 1. The van der Waals surface area contributed by atoms with Gasteiger partial charge in [0.1, 0.15) is 17.4 Å². The molecule has 0 unspecified atom stereocenters. The minimum Gasteiger partial charge on any atom is -0.382 e. The fraction of sp³-hybridized carbons (Fsp3) is 0.367. The second kappa shape index (κ2) is 12.7. The predicted molar refractivity (Wildman–Crippen MR) is 171 cm³/mol. The third-order valence-electron chi connectivity index (χ3n) is 8.23. The summed E-state index contributed by atoms with van der Waals surface area (Å²) in [4.78, 5) is 38.1. The standard InChI is InChI=1S/C30H32BrF3N10O/c1-42-9-7-21(8-10-42)43-11-13-44(14-12-43)29-40-25-24(26(35)41-29)36-17-37-27(25)39-23-15-18(5-6-22(23)31)28(45)38-20-4-2-3-19(16-20)30(32,33)34/h2-6,15-17,21H,7-14H2,1H3,(H,38,45)(H2,35,40,41)(H,36,37,39). The quantitative estimate of drug-likeness (QED) is 0.255. The maximum absolute atomic E-state index is 13.1. The Morgan fingerprint density at radius 1 is 0.978 bits per heavy atom. The number of hydrogen-bond acceptors (Lipinski definition) is 10. The zero-order chi connectivity index (χ0) is 31.7. The van der Waals surface area contributed by atoms with Crippen molar-refractivity contribution in [1.29, 1.82) is 0 Å². The molecule has 4 N–H and O–H groups in total. The number of carbonyl (C=O) groups is 1. The highest BCUT2D eigenvalue weighted by Gasteiger charge is 2.31. The van der Waals surface area contributed by atoms with Gasteiger partial charge in [0.2, 0.25) is 5.95 Å². The van der Waals surface area contributed by atoms with Crippen LogP contribution in [-0.2, 0) is 6.18 Å². The molecule has 6 rings (SSSR count). The molecule has 0 radical (unpaired) electrons. The van der Waals surface area contributed by atoms with Gasteiger partial charge in [0.05, 0.1) is 11.3 Å². The fourth-order valence-electron chi connectivity index (χ4n) is 5.70. The van der Waals surface area contributed by atoms with Crippen LogP contribution >= 0.6 is 15.9 Å². The highest BCUT2D eigenvalue weighted by molar-refractivity contribution is 9.10. The van der Waals surface area contributed by atoms with E-state index in [0.29, 0.717) is 39.0 Å². The Morgan fingerprint density at radius 2 is 1.73 bits per heavy atom. The van der Waals surface area contributed by atoms with Crippen LogP contribution in [0.1, 0.15) is 28.8 Å². The van der Waals surface area contributed by atoms with Crippen molar-refractivity contribution in [3.63, 3.8) is 0 Å². The van der Waals surface area contributed by atoms with Crippen LogP contribution in [0, 0.1) is 0 Å². The van der Waals surface area contributed by atoms with Crippen molar-refractivity contribution in [2.75, 3.05) is 67.6 Å². The van der Waals surface area contributed by atoms with Gasteiger partial charge in [-0.05, 0) is 85.3 Å². The Bertz CT molecular complexity index is 1710. The van der Waals surface area contributed by atoms with Crippen LogP contribution in [0.2, 0.25) is 0 Å². The van der Waals surface area contributed by atoms with E-state index in [1.165, 1.54) is 31.3 Å². The van der Waals surface area contributed by atoms with Crippen LogP contribution in [0.5, 0.6) is 0 Å². The van der Waals surface area contributed by atoms with Gasteiger partial charge in [0.25, 0.3) is 5.91 Å². The van der Waals surface area contributed by atoms with E-state index in [-0.39, 0.29) is 17.1 Å². The topological polar surface area (TPSA) is 128 Å². The molecule has 15 heteroatoms. The van der Waals surface area contributed by atoms with Crippen LogP contribution in [0.3, 0.4) is 0 Å². The number of nitrogens with zero attached hydrogens (tertiary/aromatic N) is 7. The molecule has 236 valence electrons. The van der Waals surface area contributed by atoms with Gasteiger partial charge in [-0.25, -0.2) is 15.0 Å². The maximum Gasteiger partial charge on any atom is 0.416 e. The van der Waals surface area contributed by atoms with Gasteiger partial charge in [0, 0.05) is 47.9 Å². The Labute approximate surface area is 266 Å². The van der Waals surface area contributed by atoms with E-state index >= 15 is 0 Å². The molecule has 0 aliphatic carbocycles. The van der Waals surface area contributed by atoms with Gasteiger partial charge in [-0.1, -0.05) is 6.07 Å². The summed E-state index contributed by atoms with van der Waals surface area (Å²) in [6.45, 7) is 5.59. The number of hydrogen-bond donors (Lipinski definition) is 3. The van der Waals surface area contributed by atoms with E-state index in [1.54, 1.807) is 18.2 Å². The summed E-state index contributed by atoms with van der Waals surface area (Å²) in [6, 6.07) is 9.84. The number of halogens is 4. The zero-order valence-corrected chi connectivity index (χ0v) is 26.1. The smallest absolute Gasteiger partial charge is 0.382 e. The largest absolute Gasteiger partial charge is 0.416 e. The van der Waals surface area contributed by atoms with Gasteiger partial charge in [-0.3, -0.25) is 9.69 Å². The Morgan fingerprint density at radius 3 is 2.47 bits per heavy atom. The average Bonchev–Trinajstić information content (AvgIpc) is 3.02. The number of alkyl halides is 3. The van der Waals surface area contributed by atoms with Crippen LogP contribution < -0.4 is 21.3 Å². The normalized spacial score (nSPS) is 17.0. The van der Waals surface area contributed by atoms with Crippen molar-refractivity contribution in [1.82, 2.24) is 29.7 Å². The van der Waals surface area contributed by atoms with Gasteiger partial charge in [0.15, 0.2) is 11.6 Å². The number of fused-ring (bicyclic) bond motifs is 1. The lowest BCUT2D eigenvalue weighted by Gasteiger charge is -2.42. The molecule has 1 amide bonds. The number of nitrogens with one attached hydrogen (secondary N) is 2. The lowest BCUT2D eigenvalue weighted by molar-refractivity contribution is -0.137. The molecular formula is C30H32BrF3N10O. The summed E-state index contributed by atoms with van der Waals surface area (Å²) in [6.07, 6.45) is -0.830. The van der Waals surface area contributed by atoms with E-state index in [0.717, 1.165) is 51.4 Å². The third-order valence-corrected chi connectivity index (χ3v) is 8.92. The molecule has 2 aliphatic rings. The SMILES string of the molecule is CN1CCC(N2CCN(c3nc(N)c4ncnc(Nc5cc(C(=O)Nc6cccc(C(F)(F)F)c6)ccc5Br)c4n3)CC2)CC1. The Balaban J connectivity index is 1.20. The van der Waals surface area contributed by atoms with Crippen LogP contribution in [-0.4, -0.2) is 88.0 Å². The van der Waals surface area contributed by atoms with E-state index in [9.17, 15) is 18.0 Å². The summed E-state index contributed by atoms with van der Waals surface area (Å²) in [5.74, 6) is 0.503. The highest BCUT2D eigenvalue weighted by Crippen LogP contribution is 2.33. The fourth-order valence-corrected chi connectivity index (χ4v) is 6.05.